The van der Waals surface area contributed by atoms with E-state index in [1.54, 1.807) is 4.90 Å². The van der Waals surface area contributed by atoms with Gasteiger partial charge in [0, 0.05) is 26.7 Å². The molecule has 0 unspecified atom stereocenters. The van der Waals surface area contributed by atoms with Crippen molar-refractivity contribution in [3.63, 3.8) is 0 Å². The highest BCUT2D eigenvalue weighted by molar-refractivity contribution is 5.74. The normalized spacial score (nSPS) is 19.0. The Balaban J connectivity index is 1.65. The van der Waals surface area contributed by atoms with Gasteiger partial charge in [-0.3, -0.25) is 0 Å². The second-order valence-electron chi connectivity index (χ2n) is 7.11. The number of hydrogen-bond donors (Lipinski definition) is 0. The molecule has 0 heterocycles. The first-order chi connectivity index (χ1) is 10.6. The molecule has 0 N–H and O–H groups in total. The second-order valence-corrected chi connectivity index (χ2v) is 7.11. The van der Waals surface area contributed by atoms with Gasteiger partial charge in [0.15, 0.2) is 0 Å². The highest BCUT2D eigenvalue weighted by atomic mass is 16.2. The molecule has 3 nitrogen and oxygen atoms in total. The summed E-state index contributed by atoms with van der Waals surface area (Å²) in [5.41, 5.74) is 2.74. The number of carbonyl (C=O) groups is 1. The minimum atomic E-state index is 0.138. The van der Waals surface area contributed by atoms with Crippen molar-refractivity contribution in [3.05, 3.63) is 35.4 Å². The van der Waals surface area contributed by atoms with Gasteiger partial charge in [-0.2, -0.15) is 0 Å². The van der Waals surface area contributed by atoms with E-state index in [0.717, 1.165) is 25.3 Å². The predicted octanol–water partition coefficient (Wildman–Crippen LogP) is 4.38. The molecular formula is C19H28N2O. The summed E-state index contributed by atoms with van der Waals surface area (Å²) >= 11 is 0. The van der Waals surface area contributed by atoms with E-state index in [-0.39, 0.29) is 6.03 Å². The summed E-state index contributed by atoms with van der Waals surface area (Å²) in [6.07, 6.45) is 9.13. The van der Waals surface area contributed by atoms with Gasteiger partial charge in [-0.25, -0.2) is 4.79 Å². The van der Waals surface area contributed by atoms with Gasteiger partial charge in [0.05, 0.1) is 0 Å². The van der Waals surface area contributed by atoms with E-state index in [4.69, 9.17) is 0 Å². The molecule has 3 heteroatoms. The van der Waals surface area contributed by atoms with Crippen LogP contribution in [-0.4, -0.2) is 36.0 Å². The van der Waals surface area contributed by atoms with Crippen LogP contribution in [0.1, 0.15) is 62.0 Å². The molecule has 2 amide bonds. The lowest BCUT2D eigenvalue weighted by atomic mass is 9.84. The molecule has 22 heavy (non-hydrogen) atoms. The summed E-state index contributed by atoms with van der Waals surface area (Å²) in [6, 6.07) is 9.61. The molecule has 2 saturated carbocycles. The van der Waals surface area contributed by atoms with E-state index in [1.165, 1.54) is 43.2 Å². The average molecular weight is 300 g/mol. The second kappa shape index (κ2) is 6.72. The van der Waals surface area contributed by atoms with Crippen LogP contribution in [-0.2, 0) is 6.54 Å². The molecule has 0 bridgehead atoms. The predicted molar refractivity (Wildman–Crippen MR) is 89.9 cm³/mol. The lowest BCUT2D eigenvalue weighted by Gasteiger charge is -2.26. The Bertz CT molecular complexity index is 499. The molecule has 1 aromatic carbocycles. The fourth-order valence-electron chi connectivity index (χ4n) is 3.52. The van der Waals surface area contributed by atoms with Gasteiger partial charge in [0.1, 0.15) is 0 Å². The number of rotatable bonds is 4. The summed E-state index contributed by atoms with van der Waals surface area (Å²) in [5, 5.41) is 0. The molecule has 0 aromatic heterocycles. The molecule has 0 atom stereocenters. The number of hydrogen-bond acceptors (Lipinski definition) is 1. The van der Waals surface area contributed by atoms with Crippen LogP contribution in [0.4, 0.5) is 4.79 Å². The summed E-state index contributed by atoms with van der Waals surface area (Å²) in [5.74, 6) is 0.755. The van der Waals surface area contributed by atoms with Crippen molar-refractivity contribution in [2.24, 2.45) is 0 Å². The highest BCUT2D eigenvalue weighted by Crippen LogP contribution is 2.33. The topological polar surface area (TPSA) is 23.6 Å². The Morgan fingerprint density at radius 2 is 1.64 bits per heavy atom. The number of amides is 2. The van der Waals surface area contributed by atoms with Gasteiger partial charge >= 0.3 is 6.03 Å². The summed E-state index contributed by atoms with van der Waals surface area (Å²) in [4.78, 5) is 16.0. The molecule has 3 rings (SSSR count). The molecule has 0 spiro atoms. The minimum Gasteiger partial charge on any atom is -0.331 e. The fourth-order valence-corrected chi connectivity index (χ4v) is 3.52. The largest absolute Gasteiger partial charge is 0.331 e. The van der Waals surface area contributed by atoms with Gasteiger partial charge in [0.2, 0.25) is 0 Å². The standard InChI is InChI=1S/C19H28N2O/c1-20(2)19(22)21(18-12-13-18)14-15-8-10-17(11-9-15)16-6-4-3-5-7-16/h8-11,16,18H,3-7,12-14H2,1-2H3. The molecule has 2 aliphatic rings. The van der Waals surface area contributed by atoms with Crippen molar-refractivity contribution in [2.45, 2.75) is 63.5 Å². The zero-order valence-electron chi connectivity index (χ0n) is 13.9. The Labute approximate surface area is 134 Å². The third-order valence-corrected chi connectivity index (χ3v) is 5.03. The van der Waals surface area contributed by atoms with Gasteiger partial charge in [-0.1, -0.05) is 43.5 Å². The van der Waals surface area contributed by atoms with Crippen molar-refractivity contribution in [1.82, 2.24) is 9.80 Å². The lowest BCUT2D eigenvalue weighted by molar-refractivity contribution is 0.165. The molecule has 2 fully saturated rings. The summed E-state index contributed by atoms with van der Waals surface area (Å²) < 4.78 is 0. The molecular weight excluding hydrogens is 272 g/mol. The SMILES string of the molecule is CN(C)C(=O)N(Cc1ccc(C2CCCCC2)cc1)C1CC1. The maximum Gasteiger partial charge on any atom is 0.320 e. The first kappa shape index (κ1) is 15.4. The van der Waals surface area contributed by atoms with Gasteiger partial charge in [0.25, 0.3) is 0 Å². The highest BCUT2D eigenvalue weighted by Gasteiger charge is 2.33. The number of nitrogens with zero attached hydrogens (tertiary/aromatic N) is 2. The Hall–Kier alpha value is -1.51. The first-order valence-electron chi connectivity index (χ1n) is 8.72. The smallest absolute Gasteiger partial charge is 0.320 e. The summed E-state index contributed by atoms with van der Waals surface area (Å²) in [7, 11) is 3.67. The fraction of sp³-hybridized carbons (Fsp3) is 0.632. The first-order valence-corrected chi connectivity index (χ1v) is 8.72. The van der Waals surface area contributed by atoms with Crippen LogP contribution >= 0.6 is 0 Å². The summed E-state index contributed by atoms with van der Waals surface area (Å²) in [6.45, 7) is 0.743. The van der Waals surface area contributed by atoms with Crippen LogP contribution in [0.25, 0.3) is 0 Å². The number of benzene rings is 1. The zero-order valence-corrected chi connectivity index (χ0v) is 13.9. The Morgan fingerprint density at radius 3 is 2.18 bits per heavy atom. The maximum atomic E-state index is 12.3. The number of carbonyl (C=O) groups excluding carboxylic acids is 1. The average Bonchev–Trinajstić information content (AvgIpc) is 3.38. The lowest BCUT2D eigenvalue weighted by Crippen LogP contribution is -2.40. The van der Waals surface area contributed by atoms with Crippen LogP contribution in [0.2, 0.25) is 0 Å². The van der Waals surface area contributed by atoms with E-state index in [1.807, 2.05) is 19.0 Å². The van der Waals surface area contributed by atoms with Crippen molar-refractivity contribution < 1.29 is 4.79 Å². The Kier molecular flexibility index (Phi) is 4.70. The number of urea groups is 1. The van der Waals surface area contributed by atoms with E-state index in [9.17, 15) is 4.79 Å². The maximum absolute atomic E-state index is 12.3. The van der Waals surface area contributed by atoms with E-state index < -0.39 is 0 Å². The monoisotopic (exact) mass is 300 g/mol. The van der Waals surface area contributed by atoms with E-state index in [2.05, 4.69) is 24.3 Å². The molecule has 0 aliphatic heterocycles. The molecule has 0 radical (unpaired) electrons. The van der Waals surface area contributed by atoms with Crippen molar-refractivity contribution in [1.29, 1.82) is 0 Å². The molecule has 2 aliphatic carbocycles. The van der Waals surface area contributed by atoms with Crippen LogP contribution in [0.3, 0.4) is 0 Å². The van der Waals surface area contributed by atoms with E-state index >= 15 is 0 Å². The van der Waals surface area contributed by atoms with Crippen LogP contribution in [0, 0.1) is 0 Å². The third-order valence-electron chi connectivity index (χ3n) is 5.03. The van der Waals surface area contributed by atoms with Crippen LogP contribution < -0.4 is 0 Å². The van der Waals surface area contributed by atoms with Gasteiger partial charge in [-0.15, -0.1) is 0 Å². The minimum absolute atomic E-state index is 0.138. The molecule has 120 valence electrons. The van der Waals surface area contributed by atoms with Crippen molar-refractivity contribution in [3.8, 4) is 0 Å². The van der Waals surface area contributed by atoms with Gasteiger partial charge < -0.3 is 9.80 Å². The Morgan fingerprint density at radius 1 is 1.00 bits per heavy atom. The molecule has 0 saturated heterocycles. The van der Waals surface area contributed by atoms with Crippen LogP contribution in [0.15, 0.2) is 24.3 Å². The van der Waals surface area contributed by atoms with Crippen molar-refractivity contribution in [2.75, 3.05) is 14.1 Å². The van der Waals surface area contributed by atoms with Crippen LogP contribution in [0.5, 0.6) is 0 Å². The third kappa shape index (κ3) is 3.63. The van der Waals surface area contributed by atoms with Gasteiger partial charge in [-0.05, 0) is 42.7 Å². The van der Waals surface area contributed by atoms with Crippen molar-refractivity contribution >= 4 is 6.03 Å². The van der Waals surface area contributed by atoms with E-state index in [0.29, 0.717) is 6.04 Å². The zero-order chi connectivity index (χ0) is 15.5. The quantitative estimate of drug-likeness (QED) is 0.809. The molecule has 1 aromatic rings.